The maximum Gasteiger partial charge on any atom is 0.233 e. The van der Waals surface area contributed by atoms with Crippen molar-refractivity contribution in [3.8, 4) is 0 Å². The number of carbonyl (C=O) groups is 1. The maximum absolute atomic E-state index is 11.5. The third-order valence-electron chi connectivity index (χ3n) is 2.77. The van der Waals surface area contributed by atoms with Crippen molar-refractivity contribution in [2.24, 2.45) is 0 Å². The predicted octanol–water partition coefficient (Wildman–Crippen LogP) is 2.49. The van der Waals surface area contributed by atoms with Crippen molar-refractivity contribution < 1.29 is 4.79 Å². The highest BCUT2D eigenvalue weighted by Crippen LogP contribution is 2.16. The smallest absolute Gasteiger partial charge is 0.233 e. The molecule has 1 aromatic rings. The Balaban J connectivity index is 2.16. The van der Waals surface area contributed by atoms with Gasteiger partial charge in [0.1, 0.15) is 0 Å². The van der Waals surface area contributed by atoms with Crippen molar-refractivity contribution in [1.82, 2.24) is 10.6 Å². The Morgan fingerprint density at radius 2 is 2.22 bits per heavy atom. The minimum absolute atomic E-state index is 0.0951. The number of aryl methyl sites for hydroxylation is 1. The van der Waals surface area contributed by atoms with E-state index < -0.39 is 0 Å². The van der Waals surface area contributed by atoms with E-state index in [1.807, 2.05) is 11.3 Å². The van der Waals surface area contributed by atoms with Crippen molar-refractivity contribution in [3.05, 3.63) is 21.9 Å². The molecule has 0 bridgehead atoms. The van der Waals surface area contributed by atoms with E-state index in [-0.39, 0.29) is 5.91 Å². The van der Waals surface area contributed by atoms with Gasteiger partial charge in [0.15, 0.2) is 0 Å². The van der Waals surface area contributed by atoms with Gasteiger partial charge >= 0.3 is 0 Å². The first-order valence-electron chi connectivity index (χ1n) is 6.67. The number of hydrogen-bond acceptors (Lipinski definition) is 3. The summed E-state index contributed by atoms with van der Waals surface area (Å²) in [6.07, 6.45) is 3.15. The molecule has 0 spiro atoms. The minimum Gasteiger partial charge on any atom is -0.355 e. The van der Waals surface area contributed by atoms with Crippen LogP contribution < -0.4 is 10.6 Å². The van der Waals surface area contributed by atoms with Crippen LogP contribution in [0.25, 0.3) is 0 Å². The molecule has 0 saturated carbocycles. The Morgan fingerprint density at radius 1 is 1.44 bits per heavy atom. The highest BCUT2D eigenvalue weighted by Gasteiger charge is 2.07. The van der Waals surface area contributed by atoms with Gasteiger partial charge in [0.05, 0.1) is 6.54 Å². The molecule has 1 unspecified atom stereocenters. The molecule has 18 heavy (non-hydrogen) atoms. The third kappa shape index (κ3) is 6.17. The van der Waals surface area contributed by atoms with Crippen LogP contribution in [0.4, 0.5) is 0 Å². The lowest BCUT2D eigenvalue weighted by atomic mass is 10.2. The molecule has 0 aliphatic rings. The molecule has 4 heteroatoms. The van der Waals surface area contributed by atoms with Gasteiger partial charge in [-0.1, -0.05) is 13.3 Å². The third-order valence-corrected chi connectivity index (χ3v) is 3.79. The van der Waals surface area contributed by atoms with Crippen LogP contribution in [0.2, 0.25) is 0 Å². The highest BCUT2D eigenvalue weighted by molar-refractivity contribution is 7.11. The van der Waals surface area contributed by atoms with Gasteiger partial charge in [-0.15, -0.1) is 11.3 Å². The number of rotatable bonds is 8. The van der Waals surface area contributed by atoms with E-state index in [0.717, 1.165) is 25.8 Å². The van der Waals surface area contributed by atoms with E-state index in [2.05, 4.69) is 43.5 Å². The molecule has 3 nitrogen and oxygen atoms in total. The summed E-state index contributed by atoms with van der Waals surface area (Å²) in [6, 6.07) is 4.64. The number of carbonyl (C=O) groups excluding carboxylic acids is 1. The number of hydrogen-bond donors (Lipinski definition) is 2. The fraction of sp³-hybridized carbons (Fsp3) is 0.643. The molecule has 0 fully saturated rings. The summed E-state index contributed by atoms with van der Waals surface area (Å²) in [5.41, 5.74) is 0. The van der Waals surface area contributed by atoms with Crippen LogP contribution in [0.15, 0.2) is 12.1 Å². The van der Waals surface area contributed by atoms with Crippen LogP contribution in [-0.2, 0) is 11.2 Å². The van der Waals surface area contributed by atoms with Gasteiger partial charge in [0.2, 0.25) is 5.91 Å². The second kappa shape index (κ2) is 8.27. The lowest BCUT2D eigenvalue weighted by Gasteiger charge is -2.12. The zero-order valence-corrected chi connectivity index (χ0v) is 12.4. The fourth-order valence-corrected chi connectivity index (χ4v) is 2.72. The molecule has 0 aromatic carbocycles. The summed E-state index contributed by atoms with van der Waals surface area (Å²) in [5.74, 6) is 0.0951. The molecule has 1 amide bonds. The Kier molecular flexibility index (Phi) is 6.98. The van der Waals surface area contributed by atoms with Gasteiger partial charge in [0, 0.05) is 22.3 Å². The van der Waals surface area contributed by atoms with Gasteiger partial charge in [-0.3, -0.25) is 4.79 Å². The molecule has 0 aliphatic heterocycles. The maximum atomic E-state index is 11.5. The first-order valence-corrected chi connectivity index (χ1v) is 7.49. The molecule has 1 atom stereocenters. The highest BCUT2D eigenvalue weighted by atomic mass is 32.1. The Labute approximate surface area is 114 Å². The van der Waals surface area contributed by atoms with Gasteiger partial charge in [-0.05, 0) is 38.8 Å². The minimum atomic E-state index is 0.0951. The van der Waals surface area contributed by atoms with E-state index >= 15 is 0 Å². The zero-order valence-electron chi connectivity index (χ0n) is 11.6. The van der Waals surface area contributed by atoms with Crippen molar-refractivity contribution in [2.45, 2.75) is 46.1 Å². The van der Waals surface area contributed by atoms with Gasteiger partial charge in [-0.25, -0.2) is 0 Å². The molecule has 0 saturated heterocycles. The van der Waals surface area contributed by atoms with Gasteiger partial charge in [-0.2, -0.15) is 0 Å². The number of thiophene rings is 1. The molecule has 1 heterocycles. The first kappa shape index (κ1) is 15.2. The normalized spacial score (nSPS) is 12.4. The molecule has 1 aromatic heterocycles. The monoisotopic (exact) mass is 268 g/mol. The van der Waals surface area contributed by atoms with Gasteiger partial charge < -0.3 is 10.6 Å². The van der Waals surface area contributed by atoms with E-state index in [1.54, 1.807) is 0 Å². The average molecular weight is 268 g/mol. The van der Waals surface area contributed by atoms with Crippen LogP contribution in [0.1, 0.15) is 36.4 Å². The van der Waals surface area contributed by atoms with Crippen molar-refractivity contribution in [2.75, 3.05) is 13.1 Å². The quantitative estimate of drug-likeness (QED) is 0.711. The predicted molar refractivity (Wildman–Crippen MR) is 78.1 cm³/mol. The van der Waals surface area contributed by atoms with E-state index in [0.29, 0.717) is 12.6 Å². The lowest BCUT2D eigenvalue weighted by molar-refractivity contribution is -0.120. The number of nitrogens with one attached hydrogen (secondary N) is 2. The van der Waals surface area contributed by atoms with Crippen molar-refractivity contribution >= 4 is 17.2 Å². The van der Waals surface area contributed by atoms with E-state index in [4.69, 9.17) is 0 Å². The molecule has 0 radical (unpaired) electrons. The van der Waals surface area contributed by atoms with Crippen LogP contribution in [-0.4, -0.2) is 25.0 Å². The van der Waals surface area contributed by atoms with Crippen LogP contribution in [0.5, 0.6) is 0 Å². The summed E-state index contributed by atoms with van der Waals surface area (Å²) in [6.45, 7) is 7.56. The largest absolute Gasteiger partial charge is 0.355 e. The Morgan fingerprint density at radius 3 is 2.83 bits per heavy atom. The molecule has 1 rings (SSSR count). The molecular formula is C14H24N2OS. The number of amides is 1. The first-order chi connectivity index (χ1) is 8.61. The van der Waals surface area contributed by atoms with E-state index in [1.165, 1.54) is 9.75 Å². The van der Waals surface area contributed by atoms with Crippen LogP contribution in [0, 0.1) is 6.92 Å². The summed E-state index contributed by atoms with van der Waals surface area (Å²) >= 11 is 1.83. The van der Waals surface area contributed by atoms with Crippen LogP contribution in [0.3, 0.4) is 0 Å². The van der Waals surface area contributed by atoms with Crippen LogP contribution >= 0.6 is 11.3 Å². The summed E-state index contributed by atoms with van der Waals surface area (Å²) in [7, 11) is 0. The zero-order chi connectivity index (χ0) is 13.4. The fourth-order valence-electron chi connectivity index (χ4n) is 1.70. The molecule has 2 N–H and O–H groups in total. The summed E-state index contributed by atoms with van der Waals surface area (Å²) in [4.78, 5) is 14.2. The summed E-state index contributed by atoms with van der Waals surface area (Å²) < 4.78 is 0. The standard InChI is InChI=1S/C14H24N2OS/c1-4-5-8-15-14(17)10-16-11(2)9-13-7-6-12(3)18-13/h6-7,11,16H,4-5,8-10H2,1-3H3,(H,15,17). The average Bonchev–Trinajstić information content (AvgIpc) is 2.72. The van der Waals surface area contributed by atoms with E-state index in [9.17, 15) is 4.79 Å². The second-order valence-corrected chi connectivity index (χ2v) is 6.07. The lowest BCUT2D eigenvalue weighted by Crippen LogP contribution is -2.39. The summed E-state index contributed by atoms with van der Waals surface area (Å²) in [5, 5.41) is 6.17. The molecular weight excluding hydrogens is 244 g/mol. The SMILES string of the molecule is CCCCNC(=O)CNC(C)Cc1ccc(C)s1. The Bertz CT molecular complexity index is 362. The molecule has 0 aliphatic carbocycles. The van der Waals surface area contributed by atoms with Crippen molar-refractivity contribution in [1.29, 1.82) is 0 Å². The molecule has 102 valence electrons. The van der Waals surface area contributed by atoms with Crippen molar-refractivity contribution in [3.63, 3.8) is 0 Å². The van der Waals surface area contributed by atoms with Gasteiger partial charge in [0.25, 0.3) is 0 Å². The topological polar surface area (TPSA) is 41.1 Å². The Hall–Kier alpha value is -0.870. The second-order valence-electron chi connectivity index (χ2n) is 4.70. The number of unbranched alkanes of at least 4 members (excludes halogenated alkanes) is 1.